The maximum absolute atomic E-state index is 4.92. The van der Waals surface area contributed by atoms with Gasteiger partial charge >= 0.3 is 0 Å². The van der Waals surface area contributed by atoms with Crippen LogP contribution in [0.15, 0.2) is 22.7 Å². The predicted octanol–water partition coefficient (Wildman–Crippen LogP) is 4.79. The summed E-state index contributed by atoms with van der Waals surface area (Å²) in [7, 11) is 0. The molecular formula is C17H21BrN2S. The molecule has 1 atom stereocenters. The van der Waals surface area contributed by atoms with Gasteiger partial charge in [-0.05, 0) is 57.2 Å². The van der Waals surface area contributed by atoms with Gasteiger partial charge in [0.15, 0.2) is 0 Å². The number of hydrogen-bond donors (Lipinski definition) is 1. The van der Waals surface area contributed by atoms with E-state index in [-0.39, 0.29) is 6.04 Å². The van der Waals surface area contributed by atoms with Crippen LogP contribution in [0.4, 0.5) is 0 Å². The van der Waals surface area contributed by atoms with Crippen molar-refractivity contribution in [2.75, 3.05) is 0 Å². The highest BCUT2D eigenvalue weighted by Crippen LogP contribution is 2.36. The highest BCUT2D eigenvalue weighted by Gasteiger charge is 2.25. The molecule has 1 aromatic heterocycles. The van der Waals surface area contributed by atoms with Crippen LogP contribution in [0.3, 0.4) is 0 Å². The number of halogens is 1. The van der Waals surface area contributed by atoms with Crippen LogP contribution in [-0.2, 0) is 12.8 Å². The highest BCUT2D eigenvalue weighted by molar-refractivity contribution is 9.10. The lowest BCUT2D eigenvalue weighted by molar-refractivity contribution is 0.525. The van der Waals surface area contributed by atoms with Crippen LogP contribution in [-0.4, -0.2) is 11.0 Å². The third-order valence-electron chi connectivity index (χ3n) is 3.83. The summed E-state index contributed by atoms with van der Waals surface area (Å²) in [5.41, 5.74) is 3.88. The number of benzene rings is 1. The summed E-state index contributed by atoms with van der Waals surface area (Å²) in [6, 6.07) is 7.17. The normalized spacial score (nSPS) is 15.5. The fraction of sp³-hybridized carbons (Fsp3) is 0.471. The van der Waals surface area contributed by atoms with Crippen molar-refractivity contribution in [2.45, 2.75) is 52.1 Å². The SMILES string of the molecule is Cc1ccc(C(NC(C)C)c2nc3c(s2)CCC3)c(Br)c1. The average molecular weight is 365 g/mol. The molecule has 1 aliphatic carbocycles. The molecule has 0 spiro atoms. The molecule has 1 aliphatic rings. The molecule has 1 unspecified atom stereocenters. The number of hydrogen-bond acceptors (Lipinski definition) is 3. The zero-order chi connectivity index (χ0) is 15.0. The number of nitrogens with one attached hydrogen (secondary N) is 1. The van der Waals surface area contributed by atoms with Crippen molar-refractivity contribution in [3.63, 3.8) is 0 Å². The topological polar surface area (TPSA) is 24.9 Å². The van der Waals surface area contributed by atoms with Crippen LogP contribution in [0.1, 0.15) is 53.0 Å². The lowest BCUT2D eigenvalue weighted by Crippen LogP contribution is -2.29. The molecule has 2 nitrogen and oxygen atoms in total. The third-order valence-corrected chi connectivity index (χ3v) is 5.74. The van der Waals surface area contributed by atoms with Crippen molar-refractivity contribution in [2.24, 2.45) is 0 Å². The fourth-order valence-electron chi connectivity index (χ4n) is 2.83. The van der Waals surface area contributed by atoms with Crippen molar-refractivity contribution in [3.8, 4) is 0 Å². The zero-order valence-corrected chi connectivity index (χ0v) is 15.1. The van der Waals surface area contributed by atoms with Crippen LogP contribution >= 0.6 is 27.3 Å². The predicted molar refractivity (Wildman–Crippen MR) is 93.1 cm³/mol. The number of aromatic nitrogens is 1. The molecule has 0 saturated carbocycles. The Bertz CT molecular complexity index is 627. The van der Waals surface area contributed by atoms with Crippen molar-refractivity contribution in [3.05, 3.63) is 49.4 Å². The first-order chi connectivity index (χ1) is 10.0. The second kappa shape index (κ2) is 6.19. The molecule has 21 heavy (non-hydrogen) atoms. The van der Waals surface area contributed by atoms with E-state index in [0.29, 0.717) is 6.04 Å². The Labute approximate surface area is 139 Å². The van der Waals surface area contributed by atoms with Crippen molar-refractivity contribution >= 4 is 27.3 Å². The van der Waals surface area contributed by atoms with E-state index in [2.05, 4.69) is 60.2 Å². The molecule has 0 saturated heterocycles. The lowest BCUT2D eigenvalue weighted by atomic mass is 10.0. The van der Waals surface area contributed by atoms with Crippen LogP contribution in [0.25, 0.3) is 0 Å². The van der Waals surface area contributed by atoms with Gasteiger partial charge in [-0.2, -0.15) is 0 Å². The van der Waals surface area contributed by atoms with Gasteiger partial charge in [-0.25, -0.2) is 4.98 Å². The van der Waals surface area contributed by atoms with Crippen molar-refractivity contribution < 1.29 is 0 Å². The van der Waals surface area contributed by atoms with E-state index in [0.717, 1.165) is 10.9 Å². The van der Waals surface area contributed by atoms with E-state index >= 15 is 0 Å². The number of fused-ring (bicyclic) bond motifs is 1. The Hall–Kier alpha value is -0.710. The Morgan fingerprint density at radius 3 is 2.76 bits per heavy atom. The van der Waals surface area contributed by atoms with Gasteiger partial charge in [0.05, 0.1) is 11.7 Å². The quantitative estimate of drug-likeness (QED) is 0.843. The number of nitrogens with zero attached hydrogens (tertiary/aromatic N) is 1. The highest BCUT2D eigenvalue weighted by atomic mass is 79.9. The molecule has 0 aliphatic heterocycles. The standard InChI is InChI=1S/C17H21BrN2S/c1-10(2)19-16(12-8-7-11(3)9-13(12)18)17-20-14-5-4-6-15(14)21-17/h7-10,16,19H,4-6H2,1-3H3. The third kappa shape index (κ3) is 3.22. The smallest absolute Gasteiger partial charge is 0.115 e. The van der Waals surface area contributed by atoms with Crippen LogP contribution in [0.5, 0.6) is 0 Å². The van der Waals surface area contributed by atoms with E-state index in [4.69, 9.17) is 4.98 Å². The molecule has 0 radical (unpaired) electrons. The maximum atomic E-state index is 4.92. The number of thiazole rings is 1. The van der Waals surface area contributed by atoms with Crippen molar-refractivity contribution in [1.82, 2.24) is 10.3 Å². The summed E-state index contributed by atoms with van der Waals surface area (Å²) >= 11 is 5.61. The minimum absolute atomic E-state index is 0.176. The van der Waals surface area contributed by atoms with Crippen LogP contribution in [0.2, 0.25) is 0 Å². The van der Waals surface area contributed by atoms with Gasteiger partial charge in [0.25, 0.3) is 0 Å². The van der Waals surface area contributed by atoms with Gasteiger partial charge in [-0.3, -0.25) is 0 Å². The fourth-order valence-corrected chi connectivity index (χ4v) is 4.78. The Kier molecular flexibility index (Phi) is 4.48. The maximum Gasteiger partial charge on any atom is 0.115 e. The number of aryl methyl sites for hydroxylation is 3. The molecule has 3 rings (SSSR count). The summed E-state index contributed by atoms with van der Waals surface area (Å²) in [4.78, 5) is 6.41. The second-order valence-corrected chi connectivity index (χ2v) is 8.02. The van der Waals surface area contributed by atoms with E-state index in [1.54, 1.807) is 0 Å². The molecule has 1 aromatic carbocycles. The second-order valence-electron chi connectivity index (χ2n) is 6.05. The lowest BCUT2D eigenvalue weighted by Gasteiger charge is -2.21. The first kappa shape index (κ1) is 15.2. The van der Waals surface area contributed by atoms with Crippen LogP contribution < -0.4 is 5.32 Å². The van der Waals surface area contributed by atoms with Gasteiger partial charge in [0, 0.05) is 15.4 Å². The molecule has 0 amide bonds. The monoisotopic (exact) mass is 364 g/mol. The Balaban J connectivity index is 2.00. The van der Waals surface area contributed by atoms with Crippen LogP contribution in [0, 0.1) is 6.92 Å². The first-order valence-electron chi connectivity index (χ1n) is 7.55. The molecule has 112 valence electrons. The largest absolute Gasteiger partial charge is 0.302 e. The molecule has 0 fully saturated rings. The number of rotatable bonds is 4. The average Bonchev–Trinajstić information content (AvgIpc) is 2.96. The minimum Gasteiger partial charge on any atom is -0.302 e. The summed E-state index contributed by atoms with van der Waals surface area (Å²) in [5, 5.41) is 4.89. The van der Waals surface area contributed by atoms with E-state index < -0.39 is 0 Å². The summed E-state index contributed by atoms with van der Waals surface area (Å²) in [6.45, 7) is 6.50. The van der Waals surface area contributed by atoms with Gasteiger partial charge in [0.2, 0.25) is 0 Å². The van der Waals surface area contributed by atoms with Gasteiger partial charge in [-0.15, -0.1) is 11.3 Å². The molecule has 0 bridgehead atoms. The minimum atomic E-state index is 0.176. The van der Waals surface area contributed by atoms with E-state index in [1.165, 1.54) is 39.5 Å². The van der Waals surface area contributed by atoms with E-state index in [1.807, 2.05) is 11.3 Å². The van der Waals surface area contributed by atoms with Crippen molar-refractivity contribution in [1.29, 1.82) is 0 Å². The van der Waals surface area contributed by atoms with Gasteiger partial charge in [-0.1, -0.05) is 28.1 Å². The molecular weight excluding hydrogens is 344 g/mol. The molecule has 4 heteroatoms. The Morgan fingerprint density at radius 1 is 1.29 bits per heavy atom. The zero-order valence-electron chi connectivity index (χ0n) is 12.7. The van der Waals surface area contributed by atoms with Gasteiger partial charge < -0.3 is 5.32 Å². The first-order valence-corrected chi connectivity index (χ1v) is 9.16. The van der Waals surface area contributed by atoms with E-state index in [9.17, 15) is 0 Å². The molecule has 1 N–H and O–H groups in total. The summed E-state index contributed by atoms with van der Waals surface area (Å²) in [5.74, 6) is 0. The molecule has 1 heterocycles. The molecule has 2 aromatic rings. The van der Waals surface area contributed by atoms with Gasteiger partial charge in [0.1, 0.15) is 5.01 Å². The Morgan fingerprint density at radius 2 is 2.10 bits per heavy atom. The summed E-state index contributed by atoms with van der Waals surface area (Å²) < 4.78 is 1.16. The summed E-state index contributed by atoms with van der Waals surface area (Å²) in [6.07, 6.45) is 3.62.